The second kappa shape index (κ2) is 72.0. The summed E-state index contributed by atoms with van der Waals surface area (Å²) in [7, 11) is 1.25. The maximum absolute atomic E-state index is 13.1. The molecule has 0 rings (SSSR count). The fourth-order valence-electron chi connectivity index (χ4n) is 12.6. The molecule has 0 bridgehead atoms. The van der Waals surface area contributed by atoms with Crippen LogP contribution in [0.3, 0.4) is 0 Å². The smallest absolute Gasteiger partial charge is 0.268 e. The van der Waals surface area contributed by atoms with Crippen molar-refractivity contribution in [3.8, 4) is 0 Å². The number of aliphatic hydroxyl groups excluding tert-OH is 1. The molecule has 534 valence electrons. The van der Waals surface area contributed by atoms with Gasteiger partial charge in [0.2, 0.25) is 5.91 Å². The number of carbonyl (C=O) groups excluding carboxylic acids is 1. The molecule has 0 saturated heterocycles. The second-order valence-electron chi connectivity index (χ2n) is 29.1. The molecule has 0 aliphatic rings. The van der Waals surface area contributed by atoms with Crippen LogP contribution in [0.15, 0.2) is 36.5 Å². The van der Waals surface area contributed by atoms with Crippen molar-refractivity contribution in [1.29, 1.82) is 0 Å². The SMILES string of the molecule is CCCCCCCCCCCCCCCCCCCCCC/C=C/CC/C=C/CC/C=C/C(O)C(COP(=O)([O-])OCC[N+](C)(C)C)NC(=O)CCCCCCCCCCCCCCCCCCCCCCCCCCCCCCCCCCCCCCCC. The minimum atomic E-state index is -4.62. The van der Waals surface area contributed by atoms with E-state index in [1.54, 1.807) is 6.08 Å². The maximum atomic E-state index is 13.1. The first-order valence-corrected chi connectivity index (χ1v) is 41.8. The van der Waals surface area contributed by atoms with Gasteiger partial charge < -0.3 is 28.8 Å². The van der Waals surface area contributed by atoms with E-state index in [0.29, 0.717) is 17.4 Å². The highest BCUT2D eigenvalue weighted by atomic mass is 31.2. The molecule has 2 N–H and O–H groups in total. The number of phosphoric ester groups is 1. The van der Waals surface area contributed by atoms with Crippen molar-refractivity contribution in [3.05, 3.63) is 36.5 Å². The Hall–Kier alpha value is -1.28. The number of phosphoric acid groups is 1. The summed E-state index contributed by atoms with van der Waals surface area (Å²) in [6, 6.07) is -0.910. The Balaban J connectivity index is 3.97. The molecule has 0 aromatic carbocycles. The first-order valence-electron chi connectivity index (χ1n) is 40.4. The molecule has 0 aliphatic carbocycles. The van der Waals surface area contributed by atoms with E-state index in [-0.39, 0.29) is 12.5 Å². The summed E-state index contributed by atoms with van der Waals surface area (Å²) in [4.78, 5) is 25.7. The molecule has 0 aromatic rings. The highest BCUT2D eigenvalue weighted by Crippen LogP contribution is 2.38. The number of nitrogens with one attached hydrogen (secondary N) is 1. The number of rotatable bonds is 76. The van der Waals surface area contributed by atoms with Crippen molar-refractivity contribution in [2.75, 3.05) is 40.9 Å². The molecule has 0 spiro atoms. The quantitative estimate of drug-likeness (QED) is 0.0272. The van der Waals surface area contributed by atoms with Crippen LogP contribution < -0.4 is 10.2 Å². The third-order valence-electron chi connectivity index (χ3n) is 18.8. The van der Waals surface area contributed by atoms with E-state index in [1.165, 1.54) is 360 Å². The number of nitrogens with zero attached hydrogens (tertiary/aromatic N) is 1. The van der Waals surface area contributed by atoms with Gasteiger partial charge in [0.1, 0.15) is 13.2 Å². The molecule has 8 nitrogen and oxygen atoms in total. The van der Waals surface area contributed by atoms with Gasteiger partial charge in [-0.2, -0.15) is 0 Å². The maximum Gasteiger partial charge on any atom is 0.268 e. The molecule has 0 radical (unpaired) electrons. The molecule has 0 aromatic heterocycles. The lowest BCUT2D eigenvalue weighted by Gasteiger charge is -2.29. The molecule has 3 unspecified atom stereocenters. The summed E-state index contributed by atoms with van der Waals surface area (Å²) in [5.74, 6) is -0.202. The van der Waals surface area contributed by atoms with E-state index in [0.717, 1.165) is 44.9 Å². The van der Waals surface area contributed by atoms with Crippen molar-refractivity contribution in [2.24, 2.45) is 0 Å². The van der Waals surface area contributed by atoms with Crippen molar-refractivity contribution >= 4 is 13.7 Å². The standard InChI is InChI=1S/C81H159N2O6P/c1-6-8-10-12-14-16-18-20-22-24-26-28-30-32-34-36-38-39-40-41-42-43-44-45-47-49-51-53-55-57-59-61-63-65-67-69-71-73-75-81(85)82-79(78-89-90(86,87)88-77-76-83(3,4)5)80(84)74-72-70-68-66-64-62-60-58-56-54-52-50-48-46-37-35-33-31-29-27-25-23-21-19-17-15-13-11-9-7-2/h56,58,64,66,72,74,79-80,84H,6-55,57,59-63,65,67-71,73,75-78H2,1-5H3,(H-,82,85,86,87)/b58-56+,66-64+,74-72+. The highest BCUT2D eigenvalue weighted by Gasteiger charge is 2.23. The van der Waals surface area contributed by atoms with Crippen LogP contribution in [-0.4, -0.2) is 68.5 Å². The number of unbranched alkanes of at least 4 members (excludes halogenated alkanes) is 59. The van der Waals surface area contributed by atoms with Crippen molar-refractivity contribution in [2.45, 2.75) is 437 Å². The van der Waals surface area contributed by atoms with E-state index in [9.17, 15) is 19.4 Å². The molecule has 1 amide bonds. The van der Waals surface area contributed by atoms with E-state index in [2.05, 4.69) is 43.5 Å². The van der Waals surface area contributed by atoms with Gasteiger partial charge in [0, 0.05) is 6.42 Å². The molecule has 0 saturated carbocycles. The highest BCUT2D eigenvalue weighted by molar-refractivity contribution is 7.45. The Labute approximate surface area is 563 Å². The van der Waals surface area contributed by atoms with E-state index in [1.807, 2.05) is 27.2 Å². The zero-order valence-electron chi connectivity index (χ0n) is 61.4. The second-order valence-corrected chi connectivity index (χ2v) is 30.5. The monoisotopic (exact) mass is 1290 g/mol. The number of hydrogen-bond donors (Lipinski definition) is 2. The Morgan fingerprint density at radius 3 is 0.900 bits per heavy atom. The number of likely N-dealkylation sites (N-methyl/N-ethyl adjacent to an activating group) is 1. The Morgan fingerprint density at radius 1 is 0.378 bits per heavy atom. The fourth-order valence-corrected chi connectivity index (χ4v) is 13.3. The summed E-state index contributed by atoms with van der Waals surface area (Å²) in [5, 5.41) is 14.0. The molecule has 0 fully saturated rings. The van der Waals surface area contributed by atoms with Gasteiger partial charge in [-0.05, 0) is 44.9 Å². The van der Waals surface area contributed by atoms with Crippen LogP contribution in [0.25, 0.3) is 0 Å². The summed E-state index contributed by atoms with van der Waals surface area (Å²) in [6.45, 7) is 4.69. The molecule has 3 atom stereocenters. The number of carbonyl (C=O) groups is 1. The average Bonchev–Trinajstić information content (AvgIpc) is 3.39. The van der Waals surface area contributed by atoms with Crippen LogP contribution in [0, 0.1) is 0 Å². The number of allylic oxidation sites excluding steroid dienone is 5. The average molecular weight is 1290 g/mol. The molecular weight excluding hydrogens is 1130 g/mol. The number of hydrogen-bond acceptors (Lipinski definition) is 6. The van der Waals surface area contributed by atoms with Gasteiger partial charge in [0.25, 0.3) is 7.82 Å². The van der Waals surface area contributed by atoms with Crippen LogP contribution in [0.2, 0.25) is 0 Å². The Morgan fingerprint density at radius 2 is 0.622 bits per heavy atom. The van der Waals surface area contributed by atoms with Crippen molar-refractivity contribution in [1.82, 2.24) is 5.32 Å². The lowest BCUT2D eigenvalue weighted by atomic mass is 10.0. The third-order valence-corrected chi connectivity index (χ3v) is 19.8. The van der Waals surface area contributed by atoms with Gasteiger partial charge in [0.15, 0.2) is 0 Å². The largest absolute Gasteiger partial charge is 0.756 e. The molecule has 0 aliphatic heterocycles. The Bertz CT molecular complexity index is 1560. The van der Waals surface area contributed by atoms with Crippen molar-refractivity contribution < 1.29 is 32.9 Å². The van der Waals surface area contributed by atoms with Crippen LogP contribution in [0.5, 0.6) is 0 Å². The summed E-state index contributed by atoms with van der Waals surface area (Å²) >= 11 is 0. The lowest BCUT2D eigenvalue weighted by molar-refractivity contribution is -0.870. The zero-order chi connectivity index (χ0) is 65.5. The minimum absolute atomic E-state index is 0.00693. The normalized spacial score (nSPS) is 13.6. The first kappa shape index (κ1) is 88.7. The van der Waals surface area contributed by atoms with E-state index < -0.39 is 26.6 Å². The van der Waals surface area contributed by atoms with E-state index in [4.69, 9.17) is 9.05 Å². The van der Waals surface area contributed by atoms with Crippen LogP contribution in [0.4, 0.5) is 0 Å². The third kappa shape index (κ3) is 74.1. The molecule has 0 heterocycles. The van der Waals surface area contributed by atoms with Crippen LogP contribution in [-0.2, 0) is 18.4 Å². The Kier molecular flexibility index (Phi) is 71.0. The van der Waals surface area contributed by atoms with Gasteiger partial charge in [-0.25, -0.2) is 0 Å². The molecule has 90 heavy (non-hydrogen) atoms. The minimum Gasteiger partial charge on any atom is -0.756 e. The molecular formula is C81H159N2O6P. The van der Waals surface area contributed by atoms with Gasteiger partial charge in [-0.1, -0.05) is 410 Å². The number of amides is 1. The van der Waals surface area contributed by atoms with Crippen LogP contribution in [0.1, 0.15) is 425 Å². The van der Waals surface area contributed by atoms with Gasteiger partial charge in [0.05, 0.1) is 39.9 Å². The van der Waals surface area contributed by atoms with Gasteiger partial charge >= 0.3 is 0 Å². The summed E-state index contributed by atoms with van der Waals surface area (Å²) in [6.07, 6.45) is 97.7. The van der Waals surface area contributed by atoms with E-state index >= 15 is 0 Å². The predicted molar refractivity (Wildman–Crippen MR) is 395 cm³/mol. The van der Waals surface area contributed by atoms with Crippen LogP contribution >= 0.6 is 7.82 Å². The molecule has 9 heteroatoms. The first-order chi connectivity index (χ1) is 44.0. The van der Waals surface area contributed by atoms with Crippen molar-refractivity contribution in [3.63, 3.8) is 0 Å². The van der Waals surface area contributed by atoms with Gasteiger partial charge in [-0.3, -0.25) is 9.36 Å². The van der Waals surface area contributed by atoms with Gasteiger partial charge in [-0.15, -0.1) is 0 Å². The predicted octanol–water partition coefficient (Wildman–Crippen LogP) is 25.7. The summed E-state index contributed by atoms with van der Waals surface area (Å²) < 4.78 is 23.5. The lowest BCUT2D eigenvalue weighted by Crippen LogP contribution is -2.45. The zero-order valence-corrected chi connectivity index (χ0v) is 62.3. The summed E-state index contributed by atoms with van der Waals surface area (Å²) in [5.41, 5.74) is 0. The number of aliphatic hydroxyl groups is 1. The number of quaternary nitrogens is 1. The fraction of sp³-hybridized carbons (Fsp3) is 0.914. The topological polar surface area (TPSA) is 108 Å².